The van der Waals surface area contributed by atoms with Crippen LogP contribution in [0.1, 0.15) is 65.2 Å². The van der Waals surface area contributed by atoms with Crippen molar-refractivity contribution in [3.8, 4) is 0 Å². The van der Waals surface area contributed by atoms with Crippen molar-refractivity contribution in [2.45, 2.75) is 88.6 Å². The van der Waals surface area contributed by atoms with Crippen molar-refractivity contribution in [1.82, 2.24) is 0 Å². The molecular formula is C22H36O5. The van der Waals surface area contributed by atoms with E-state index in [0.717, 1.165) is 32.1 Å². The van der Waals surface area contributed by atoms with Crippen molar-refractivity contribution in [1.29, 1.82) is 0 Å². The Kier molecular flexibility index (Phi) is 4.60. The molecule has 5 heteroatoms. The third kappa shape index (κ3) is 2.42. The van der Waals surface area contributed by atoms with Gasteiger partial charge in [0, 0.05) is 12.5 Å². The van der Waals surface area contributed by atoms with E-state index in [2.05, 4.69) is 13.0 Å². The van der Waals surface area contributed by atoms with Crippen LogP contribution in [-0.2, 0) is 4.74 Å². The highest BCUT2D eigenvalue weighted by Crippen LogP contribution is 2.69. The van der Waals surface area contributed by atoms with Crippen LogP contribution in [0.3, 0.4) is 0 Å². The maximum atomic E-state index is 12.0. The summed E-state index contributed by atoms with van der Waals surface area (Å²) in [6, 6.07) is 0. The van der Waals surface area contributed by atoms with E-state index in [1.54, 1.807) is 0 Å². The minimum atomic E-state index is -1.32. The number of ether oxygens (including phenoxy) is 1. The van der Waals surface area contributed by atoms with Crippen molar-refractivity contribution < 1.29 is 25.2 Å². The molecule has 0 bridgehead atoms. The molecule has 5 nitrogen and oxygen atoms in total. The molecule has 0 aromatic heterocycles. The van der Waals surface area contributed by atoms with Gasteiger partial charge in [-0.25, -0.2) is 0 Å². The molecule has 4 aliphatic rings. The summed E-state index contributed by atoms with van der Waals surface area (Å²) in [5, 5.41) is 44.3. The van der Waals surface area contributed by atoms with Gasteiger partial charge in [0.2, 0.25) is 0 Å². The molecule has 8 unspecified atom stereocenters. The molecule has 0 radical (unpaired) electrons. The van der Waals surface area contributed by atoms with Gasteiger partial charge in [0.25, 0.3) is 0 Å². The van der Waals surface area contributed by atoms with Crippen molar-refractivity contribution in [2.24, 2.45) is 22.7 Å². The Balaban J connectivity index is 1.70. The molecule has 0 aliphatic heterocycles. The van der Waals surface area contributed by atoms with E-state index in [1.165, 1.54) is 12.7 Å². The second kappa shape index (κ2) is 6.27. The first-order chi connectivity index (χ1) is 12.6. The predicted molar refractivity (Wildman–Crippen MR) is 102 cm³/mol. The number of aliphatic hydroxyl groups excluding tert-OH is 2. The average Bonchev–Trinajstić information content (AvgIpc) is 2.85. The van der Waals surface area contributed by atoms with Crippen LogP contribution < -0.4 is 0 Å². The van der Waals surface area contributed by atoms with Crippen LogP contribution in [-0.4, -0.2) is 57.6 Å². The van der Waals surface area contributed by atoms with Gasteiger partial charge in [-0.2, -0.15) is 0 Å². The third-order valence-electron chi connectivity index (χ3n) is 9.35. The number of hydrogen-bond donors (Lipinski definition) is 4. The van der Waals surface area contributed by atoms with E-state index < -0.39 is 22.7 Å². The lowest BCUT2D eigenvalue weighted by Crippen LogP contribution is -2.66. The Hall–Kier alpha value is -0.460. The van der Waals surface area contributed by atoms with E-state index in [9.17, 15) is 20.4 Å². The van der Waals surface area contributed by atoms with Crippen molar-refractivity contribution in [3.63, 3.8) is 0 Å². The quantitative estimate of drug-likeness (QED) is 0.564. The fourth-order valence-corrected chi connectivity index (χ4v) is 7.49. The third-order valence-corrected chi connectivity index (χ3v) is 9.35. The summed E-state index contributed by atoms with van der Waals surface area (Å²) in [6.45, 7) is 4.37. The van der Waals surface area contributed by atoms with E-state index in [-0.39, 0.29) is 24.0 Å². The summed E-state index contributed by atoms with van der Waals surface area (Å²) in [5.74, 6) is 0.453. The molecule has 0 heterocycles. The van der Waals surface area contributed by atoms with Crippen LogP contribution in [0, 0.1) is 22.7 Å². The summed E-state index contributed by atoms with van der Waals surface area (Å²) in [6.07, 6.45) is 6.93. The van der Waals surface area contributed by atoms with Crippen molar-refractivity contribution in [2.75, 3.05) is 13.7 Å². The summed E-state index contributed by atoms with van der Waals surface area (Å²) in [4.78, 5) is 0. The molecular weight excluding hydrogens is 344 g/mol. The number of fused-ring (bicyclic) bond motifs is 5. The van der Waals surface area contributed by atoms with Gasteiger partial charge in [-0.15, -0.1) is 0 Å². The first-order valence-corrected chi connectivity index (χ1v) is 10.6. The molecule has 4 rings (SSSR count). The normalized spacial score (nSPS) is 53.1. The molecule has 3 saturated carbocycles. The van der Waals surface area contributed by atoms with E-state index >= 15 is 0 Å². The number of hydrogen-bond acceptors (Lipinski definition) is 5. The summed E-state index contributed by atoms with van der Waals surface area (Å²) < 4.78 is 5.12. The smallest absolute Gasteiger partial charge is 0.107 e. The Morgan fingerprint density at radius 2 is 1.85 bits per heavy atom. The second-order valence-corrected chi connectivity index (χ2v) is 10.2. The van der Waals surface area contributed by atoms with Gasteiger partial charge in [-0.05, 0) is 68.6 Å². The molecule has 27 heavy (non-hydrogen) atoms. The molecule has 154 valence electrons. The van der Waals surface area contributed by atoms with Gasteiger partial charge in [0.05, 0.1) is 18.3 Å². The maximum absolute atomic E-state index is 12.0. The highest BCUT2D eigenvalue weighted by molar-refractivity contribution is 5.30. The first kappa shape index (κ1) is 19.8. The summed E-state index contributed by atoms with van der Waals surface area (Å²) in [5.41, 5.74) is -1.65. The zero-order valence-electron chi connectivity index (χ0n) is 16.9. The van der Waals surface area contributed by atoms with Crippen LogP contribution in [0.15, 0.2) is 11.6 Å². The molecule has 0 aromatic rings. The molecule has 8 atom stereocenters. The van der Waals surface area contributed by atoms with Crippen molar-refractivity contribution >= 4 is 0 Å². The number of aliphatic hydroxyl groups is 4. The van der Waals surface area contributed by atoms with Crippen LogP contribution in [0.25, 0.3) is 0 Å². The SMILES string of the molecule is COCC(O)C1(O)CCC2(O)C3CC=C4CC(O)CCC4(C)C3CCC12C. The highest BCUT2D eigenvalue weighted by atomic mass is 16.5. The summed E-state index contributed by atoms with van der Waals surface area (Å²) in [7, 11) is 1.53. The molecule has 0 amide bonds. The monoisotopic (exact) mass is 380 g/mol. The lowest BCUT2D eigenvalue weighted by Gasteiger charge is -2.62. The van der Waals surface area contributed by atoms with Crippen LogP contribution >= 0.6 is 0 Å². The lowest BCUT2D eigenvalue weighted by atomic mass is 9.45. The fourth-order valence-electron chi connectivity index (χ4n) is 7.49. The Morgan fingerprint density at radius 3 is 2.56 bits per heavy atom. The van der Waals surface area contributed by atoms with Crippen LogP contribution in [0.4, 0.5) is 0 Å². The van der Waals surface area contributed by atoms with Crippen LogP contribution in [0.5, 0.6) is 0 Å². The summed E-state index contributed by atoms with van der Waals surface area (Å²) >= 11 is 0. The van der Waals surface area contributed by atoms with E-state index in [4.69, 9.17) is 4.74 Å². The average molecular weight is 381 g/mol. The van der Waals surface area contributed by atoms with Gasteiger partial charge in [0.15, 0.2) is 0 Å². The van der Waals surface area contributed by atoms with Gasteiger partial charge in [0.1, 0.15) is 11.7 Å². The molecule has 3 fully saturated rings. The Labute approximate surface area is 162 Å². The maximum Gasteiger partial charge on any atom is 0.107 e. The molecule has 0 aromatic carbocycles. The van der Waals surface area contributed by atoms with E-state index in [0.29, 0.717) is 25.2 Å². The standard InChI is InChI=1S/C22H36O5/c1-19-8-6-15(23)12-14(19)4-5-17-16(19)7-9-20(2)21(17,25)10-11-22(20,26)18(24)13-27-3/h4,15-18,23-26H,5-13H2,1-3H3. The first-order valence-electron chi connectivity index (χ1n) is 10.6. The molecule has 0 saturated heterocycles. The van der Waals surface area contributed by atoms with Gasteiger partial charge >= 0.3 is 0 Å². The van der Waals surface area contributed by atoms with Gasteiger partial charge in [-0.1, -0.05) is 25.5 Å². The van der Waals surface area contributed by atoms with Crippen LogP contribution in [0.2, 0.25) is 0 Å². The van der Waals surface area contributed by atoms with Gasteiger partial charge in [-0.3, -0.25) is 0 Å². The minimum Gasteiger partial charge on any atom is -0.393 e. The molecule has 0 spiro atoms. The second-order valence-electron chi connectivity index (χ2n) is 10.2. The predicted octanol–water partition coefficient (Wildman–Crippen LogP) is 2.16. The molecule has 4 N–H and O–H groups in total. The fraction of sp³-hybridized carbons (Fsp3) is 0.909. The number of rotatable bonds is 3. The number of allylic oxidation sites excluding steroid dienone is 1. The largest absolute Gasteiger partial charge is 0.393 e. The number of methoxy groups -OCH3 is 1. The lowest BCUT2D eigenvalue weighted by molar-refractivity contribution is -0.241. The Bertz CT molecular complexity index is 634. The van der Waals surface area contributed by atoms with Gasteiger partial charge < -0.3 is 25.2 Å². The minimum absolute atomic E-state index is 0.0328. The highest BCUT2D eigenvalue weighted by Gasteiger charge is 2.72. The Morgan fingerprint density at radius 1 is 1.11 bits per heavy atom. The van der Waals surface area contributed by atoms with Crippen molar-refractivity contribution in [3.05, 3.63) is 11.6 Å². The zero-order chi connectivity index (χ0) is 19.7. The molecule has 4 aliphatic carbocycles. The zero-order valence-corrected chi connectivity index (χ0v) is 16.9. The van der Waals surface area contributed by atoms with E-state index in [1.807, 2.05) is 6.92 Å². The topological polar surface area (TPSA) is 90.2 Å².